The molecule has 120 valence electrons. The molecule has 23 heavy (non-hydrogen) atoms. The van der Waals surface area contributed by atoms with E-state index in [1.54, 1.807) is 0 Å². The van der Waals surface area contributed by atoms with Gasteiger partial charge >= 0.3 is 0 Å². The zero-order chi connectivity index (χ0) is 16.2. The van der Waals surface area contributed by atoms with E-state index < -0.39 is 0 Å². The maximum atomic E-state index is 5.84. The Hall–Kier alpha value is -2.40. The topological polar surface area (TPSA) is 66.0 Å². The third kappa shape index (κ3) is 3.68. The first-order valence-corrected chi connectivity index (χ1v) is 7.98. The number of nitrogen functional groups attached to an aromatic ring is 1. The molecule has 1 heterocycles. The molecule has 1 aliphatic heterocycles. The van der Waals surface area contributed by atoms with Gasteiger partial charge in [-0.1, -0.05) is 0 Å². The number of benzene rings is 2. The second-order valence-corrected chi connectivity index (χ2v) is 5.96. The van der Waals surface area contributed by atoms with Gasteiger partial charge in [-0.3, -0.25) is 0 Å². The van der Waals surface area contributed by atoms with E-state index in [1.807, 2.05) is 38.1 Å². The predicted molar refractivity (Wildman–Crippen MR) is 96.0 cm³/mol. The third-order valence-electron chi connectivity index (χ3n) is 4.11. The summed E-state index contributed by atoms with van der Waals surface area (Å²) in [5.74, 6) is 0. The van der Waals surface area contributed by atoms with Crippen LogP contribution in [0.3, 0.4) is 0 Å². The maximum Gasteiger partial charge on any atom is 0.0916 e. The first kappa shape index (κ1) is 15.5. The summed E-state index contributed by atoms with van der Waals surface area (Å²) in [6.07, 6.45) is 0. The van der Waals surface area contributed by atoms with E-state index in [-0.39, 0.29) is 0 Å². The van der Waals surface area contributed by atoms with Gasteiger partial charge < -0.3 is 16.0 Å². The van der Waals surface area contributed by atoms with Crippen molar-refractivity contribution in [2.24, 2.45) is 10.2 Å². The number of rotatable bonds is 3. The average molecular weight is 309 g/mol. The largest absolute Gasteiger partial charge is 0.399 e. The highest BCUT2D eigenvalue weighted by Gasteiger charge is 2.09. The molecular formula is C18H23N5. The molecule has 0 unspecified atom stereocenters. The molecule has 0 atom stereocenters. The molecule has 1 aliphatic rings. The number of nitrogens with two attached hydrogens (primary N) is 1. The minimum Gasteiger partial charge on any atom is -0.399 e. The fourth-order valence-corrected chi connectivity index (χ4v) is 2.91. The van der Waals surface area contributed by atoms with Crippen LogP contribution in [0.2, 0.25) is 0 Å². The van der Waals surface area contributed by atoms with Crippen molar-refractivity contribution in [2.45, 2.75) is 13.8 Å². The first-order chi connectivity index (χ1) is 11.1. The van der Waals surface area contributed by atoms with Crippen LogP contribution < -0.4 is 16.0 Å². The third-order valence-corrected chi connectivity index (χ3v) is 4.11. The van der Waals surface area contributed by atoms with Crippen molar-refractivity contribution in [3.8, 4) is 0 Å². The van der Waals surface area contributed by atoms with Crippen LogP contribution in [0.15, 0.2) is 46.6 Å². The lowest BCUT2D eigenvalue weighted by atomic mass is 10.1. The predicted octanol–water partition coefficient (Wildman–Crippen LogP) is 3.71. The normalized spacial score (nSPS) is 15.3. The van der Waals surface area contributed by atoms with Gasteiger partial charge in [0.15, 0.2) is 0 Å². The second-order valence-electron chi connectivity index (χ2n) is 5.96. The molecule has 5 heteroatoms. The SMILES string of the molecule is Cc1cc(N)cc(C)c1N=Nc1ccc(N2CCNCC2)cc1. The van der Waals surface area contributed by atoms with Crippen LogP contribution in [0, 0.1) is 13.8 Å². The Balaban J connectivity index is 1.75. The molecule has 3 rings (SSSR count). The molecule has 0 saturated carbocycles. The number of hydrogen-bond donors (Lipinski definition) is 2. The van der Waals surface area contributed by atoms with E-state index in [1.165, 1.54) is 5.69 Å². The lowest BCUT2D eigenvalue weighted by Gasteiger charge is -2.29. The number of azo groups is 1. The Morgan fingerprint density at radius 2 is 1.57 bits per heavy atom. The Morgan fingerprint density at radius 1 is 0.957 bits per heavy atom. The van der Waals surface area contributed by atoms with Crippen molar-refractivity contribution in [2.75, 3.05) is 36.8 Å². The summed E-state index contributed by atoms with van der Waals surface area (Å²) in [7, 11) is 0. The summed E-state index contributed by atoms with van der Waals surface area (Å²) < 4.78 is 0. The van der Waals surface area contributed by atoms with Crippen molar-refractivity contribution in [3.05, 3.63) is 47.5 Å². The molecule has 0 bridgehead atoms. The Kier molecular flexibility index (Phi) is 4.57. The fourth-order valence-electron chi connectivity index (χ4n) is 2.91. The van der Waals surface area contributed by atoms with E-state index in [2.05, 4.69) is 32.6 Å². The van der Waals surface area contributed by atoms with Crippen LogP contribution in [-0.4, -0.2) is 26.2 Å². The smallest absolute Gasteiger partial charge is 0.0916 e. The highest BCUT2D eigenvalue weighted by molar-refractivity contribution is 5.60. The molecule has 1 fully saturated rings. The van der Waals surface area contributed by atoms with E-state index in [0.717, 1.165) is 54.4 Å². The number of aryl methyl sites for hydroxylation is 2. The van der Waals surface area contributed by atoms with E-state index >= 15 is 0 Å². The average Bonchev–Trinajstić information content (AvgIpc) is 2.55. The molecule has 1 saturated heterocycles. The minimum atomic E-state index is 0.763. The van der Waals surface area contributed by atoms with Gasteiger partial charge in [-0.15, -0.1) is 0 Å². The van der Waals surface area contributed by atoms with Gasteiger partial charge in [-0.2, -0.15) is 10.2 Å². The number of piperazine rings is 1. The summed E-state index contributed by atoms with van der Waals surface area (Å²) in [6, 6.07) is 12.1. The molecule has 0 radical (unpaired) electrons. The van der Waals surface area contributed by atoms with Gasteiger partial charge in [0.05, 0.1) is 11.4 Å². The van der Waals surface area contributed by atoms with Gasteiger partial charge in [0.1, 0.15) is 0 Å². The summed E-state index contributed by atoms with van der Waals surface area (Å²) >= 11 is 0. The van der Waals surface area contributed by atoms with Crippen LogP contribution in [0.25, 0.3) is 0 Å². The summed E-state index contributed by atoms with van der Waals surface area (Å²) in [6.45, 7) is 8.18. The van der Waals surface area contributed by atoms with Crippen molar-refractivity contribution >= 4 is 22.7 Å². The number of hydrogen-bond acceptors (Lipinski definition) is 5. The molecule has 0 amide bonds. The van der Waals surface area contributed by atoms with Crippen LogP contribution in [-0.2, 0) is 0 Å². The van der Waals surface area contributed by atoms with Crippen LogP contribution in [0.1, 0.15) is 11.1 Å². The fraction of sp³-hybridized carbons (Fsp3) is 0.333. The van der Waals surface area contributed by atoms with Crippen LogP contribution in [0.5, 0.6) is 0 Å². The van der Waals surface area contributed by atoms with Gasteiger partial charge in [-0.05, 0) is 61.4 Å². The van der Waals surface area contributed by atoms with E-state index in [4.69, 9.17) is 5.73 Å². The Bertz CT molecular complexity index is 677. The lowest BCUT2D eigenvalue weighted by molar-refractivity contribution is 0.589. The molecule has 0 aliphatic carbocycles. The highest BCUT2D eigenvalue weighted by atomic mass is 15.2. The molecule has 0 aromatic heterocycles. The number of nitrogens with one attached hydrogen (secondary N) is 1. The summed E-state index contributed by atoms with van der Waals surface area (Å²) in [5.41, 5.74) is 11.7. The van der Waals surface area contributed by atoms with E-state index in [9.17, 15) is 0 Å². The lowest BCUT2D eigenvalue weighted by Crippen LogP contribution is -2.43. The van der Waals surface area contributed by atoms with Gasteiger partial charge in [0.2, 0.25) is 0 Å². The molecule has 5 nitrogen and oxygen atoms in total. The van der Waals surface area contributed by atoms with Crippen LogP contribution >= 0.6 is 0 Å². The summed E-state index contributed by atoms with van der Waals surface area (Å²) in [5, 5.41) is 12.1. The maximum absolute atomic E-state index is 5.84. The minimum absolute atomic E-state index is 0.763. The number of nitrogens with zero attached hydrogens (tertiary/aromatic N) is 3. The van der Waals surface area contributed by atoms with Crippen molar-refractivity contribution in [1.82, 2.24) is 5.32 Å². The molecular weight excluding hydrogens is 286 g/mol. The molecule has 3 N–H and O–H groups in total. The van der Waals surface area contributed by atoms with Crippen molar-refractivity contribution in [3.63, 3.8) is 0 Å². The summed E-state index contributed by atoms with van der Waals surface area (Å²) in [4.78, 5) is 2.38. The molecule has 0 spiro atoms. The van der Waals surface area contributed by atoms with Gasteiger partial charge in [0.25, 0.3) is 0 Å². The quantitative estimate of drug-likeness (QED) is 0.671. The first-order valence-electron chi connectivity index (χ1n) is 7.98. The Morgan fingerprint density at radius 3 is 2.17 bits per heavy atom. The number of anilines is 2. The van der Waals surface area contributed by atoms with Crippen LogP contribution in [0.4, 0.5) is 22.7 Å². The molecule has 2 aromatic rings. The Labute approximate surface area is 137 Å². The van der Waals surface area contributed by atoms with E-state index in [0.29, 0.717) is 0 Å². The van der Waals surface area contributed by atoms with Gasteiger partial charge in [-0.25, -0.2) is 0 Å². The van der Waals surface area contributed by atoms with Gasteiger partial charge in [0, 0.05) is 37.6 Å². The zero-order valence-electron chi connectivity index (χ0n) is 13.7. The highest BCUT2D eigenvalue weighted by Crippen LogP contribution is 2.28. The standard InChI is InChI=1S/C18H23N5/c1-13-11-15(19)12-14(2)18(13)22-21-16-3-5-17(6-4-16)23-9-7-20-8-10-23/h3-6,11-12,20H,7-10,19H2,1-2H3. The van der Waals surface area contributed by atoms with Crippen molar-refractivity contribution < 1.29 is 0 Å². The monoisotopic (exact) mass is 309 g/mol. The second kappa shape index (κ2) is 6.79. The zero-order valence-corrected chi connectivity index (χ0v) is 13.7. The van der Waals surface area contributed by atoms with Crippen molar-refractivity contribution in [1.29, 1.82) is 0 Å². The molecule has 2 aromatic carbocycles.